The Hall–Kier alpha value is -1.75. The topological polar surface area (TPSA) is 86.8 Å². The highest BCUT2D eigenvalue weighted by Crippen LogP contribution is 2.21. The fourth-order valence-electron chi connectivity index (χ4n) is 1.70. The molecule has 5 heteroatoms. The van der Waals surface area contributed by atoms with Gasteiger partial charge in [-0.2, -0.15) is 0 Å². The first-order valence-electron chi connectivity index (χ1n) is 5.58. The monoisotopic (exact) mass is 238 g/mol. The van der Waals surface area contributed by atoms with Gasteiger partial charge in [0, 0.05) is 24.5 Å². The zero-order chi connectivity index (χ0) is 12.8. The molecule has 0 heterocycles. The number of carboxylic acids is 1. The number of benzene rings is 1. The molecule has 4 N–H and O–H groups in total. The van der Waals surface area contributed by atoms with E-state index in [0.717, 1.165) is 18.7 Å². The van der Waals surface area contributed by atoms with Crippen molar-refractivity contribution in [2.45, 2.75) is 13.3 Å². The van der Waals surface area contributed by atoms with Crippen molar-refractivity contribution in [2.75, 3.05) is 30.3 Å². The number of hydrogen-bond acceptors (Lipinski definition) is 4. The third kappa shape index (κ3) is 3.35. The second-order valence-corrected chi connectivity index (χ2v) is 3.79. The molecule has 0 aliphatic carbocycles. The lowest BCUT2D eigenvalue weighted by atomic mass is 10.1. The molecule has 0 fully saturated rings. The average molecular weight is 238 g/mol. The molecular formula is C12H18N2O3. The van der Waals surface area contributed by atoms with Crippen molar-refractivity contribution < 1.29 is 15.0 Å². The average Bonchev–Trinajstić information content (AvgIpc) is 2.28. The number of aliphatic hydroxyl groups excluding tert-OH is 1. The first kappa shape index (κ1) is 13.3. The number of carbonyl (C=O) groups is 1. The molecule has 0 bridgehead atoms. The van der Waals surface area contributed by atoms with Crippen molar-refractivity contribution in [1.29, 1.82) is 0 Å². The van der Waals surface area contributed by atoms with Crippen LogP contribution in [0.4, 0.5) is 11.4 Å². The maximum absolute atomic E-state index is 10.8. The predicted octanol–water partition coefficient (Wildman–Crippen LogP) is 1.18. The van der Waals surface area contributed by atoms with E-state index in [-0.39, 0.29) is 17.9 Å². The lowest BCUT2D eigenvalue weighted by molar-refractivity contribution is 0.0698. The Bertz CT molecular complexity index is 387. The van der Waals surface area contributed by atoms with Crippen LogP contribution in [0.5, 0.6) is 0 Å². The van der Waals surface area contributed by atoms with Crippen LogP contribution in [0.3, 0.4) is 0 Å². The second-order valence-electron chi connectivity index (χ2n) is 3.79. The van der Waals surface area contributed by atoms with Gasteiger partial charge >= 0.3 is 5.97 Å². The number of rotatable bonds is 6. The van der Waals surface area contributed by atoms with Crippen molar-refractivity contribution >= 4 is 17.3 Å². The number of nitrogens with zero attached hydrogens (tertiary/aromatic N) is 1. The summed E-state index contributed by atoms with van der Waals surface area (Å²) < 4.78 is 0. The van der Waals surface area contributed by atoms with E-state index >= 15 is 0 Å². The molecule has 0 saturated heterocycles. The van der Waals surface area contributed by atoms with Gasteiger partial charge in [0.15, 0.2) is 0 Å². The van der Waals surface area contributed by atoms with Gasteiger partial charge in [0.25, 0.3) is 0 Å². The molecule has 17 heavy (non-hydrogen) atoms. The Morgan fingerprint density at radius 1 is 1.41 bits per heavy atom. The fraction of sp³-hybridized carbons (Fsp3) is 0.417. The molecule has 0 unspecified atom stereocenters. The van der Waals surface area contributed by atoms with Crippen molar-refractivity contribution in [1.82, 2.24) is 0 Å². The Morgan fingerprint density at radius 3 is 2.59 bits per heavy atom. The molecule has 0 amide bonds. The van der Waals surface area contributed by atoms with Crippen molar-refractivity contribution in [3.05, 3.63) is 23.8 Å². The summed E-state index contributed by atoms with van der Waals surface area (Å²) in [5, 5.41) is 17.8. The molecule has 0 aliphatic rings. The fourth-order valence-corrected chi connectivity index (χ4v) is 1.70. The van der Waals surface area contributed by atoms with Crippen LogP contribution >= 0.6 is 0 Å². The van der Waals surface area contributed by atoms with Crippen LogP contribution in [-0.4, -0.2) is 35.9 Å². The summed E-state index contributed by atoms with van der Waals surface area (Å²) in [6, 6.07) is 4.84. The normalized spacial score (nSPS) is 10.2. The molecule has 0 spiro atoms. The van der Waals surface area contributed by atoms with E-state index in [1.165, 1.54) is 6.07 Å². The zero-order valence-electron chi connectivity index (χ0n) is 9.89. The van der Waals surface area contributed by atoms with Crippen molar-refractivity contribution in [3.63, 3.8) is 0 Å². The highest BCUT2D eigenvalue weighted by molar-refractivity contribution is 5.94. The van der Waals surface area contributed by atoms with Gasteiger partial charge in [0.1, 0.15) is 0 Å². The molecule has 1 aromatic carbocycles. The maximum atomic E-state index is 10.8. The summed E-state index contributed by atoms with van der Waals surface area (Å²) in [5.41, 5.74) is 6.87. The molecule has 0 radical (unpaired) electrons. The molecule has 0 saturated carbocycles. The van der Waals surface area contributed by atoms with Crippen molar-refractivity contribution in [2.24, 2.45) is 0 Å². The summed E-state index contributed by atoms with van der Waals surface area (Å²) in [6.45, 7) is 3.41. The Kier molecular flexibility index (Phi) is 4.78. The summed E-state index contributed by atoms with van der Waals surface area (Å²) >= 11 is 0. The number of aliphatic hydroxyl groups is 1. The first-order valence-corrected chi connectivity index (χ1v) is 5.58. The minimum absolute atomic E-state index is 0.0561. The van der Waals surface area contributed by atoms with Gasteiger partial charge in [0.2, 0.25) is 0 Å². The van der Waals surface area contributed by atoms with Gasteiger partial charge in [-0.05, 0) is 24.6 Å². The van der Waals surface area contributed by atoms with E-state index in [4.69, 9.17) is 15.9 Å². The summed E-state index contributed by atoms with van der Waals surface area (Å²) in [4.78, 5) is 12.8. The molecule has 0 atom stereocenters. The van der Waals surface area contributed by atoms with Gasteiger partial charge in [-0.15, -0.1) is 0 Å². The number of aromatic carboxylic acids is 1. The molecule has 5 nitrogen and oxygen atoms in total. The number of nitrogen functional groups attached to an aromatic ring is 1. The third-order valence-corrected chi connectivity index (χ3v) is 2.49. The molecular weight excluding hydrogens is 220 g/mol. The van der Waals surface area contributed by atoms with Gasteiger partial charge in [-0.1, -0.05) is 6.92 Å². The second kappa shape index (κ2) is 6.10. The van der Waals surface area contributed by atoms with Gasteiger partial charge in [0.05, 0.1) is 12.2 Å². The van der Waals surface area contributed by atoms with Crippen LogP contribution in [0.1, 0.15) is 23.7 Å². The van der Waals surface area contributed by atoms with Crippen LogP contribution < -0.4 is 10.6 Å². The Labute approximate surface area is 100 Å². The predicted molar refractivity (Wildman–Crippen MR) is 67.4 cm³/mol. The maximum Gasteiger partial charge on any atom is 0.337 e. The Morgan fingerprint density at radius 2 is 2.12 bits per heavy atom. The van der Waals surface area contributed by atoms with Crippen molar-refractivity contribution in [3.8, 4) is 0 Å². The largest absolute Gasteiger partial charge is 0.478 e. The van der Waals surface area contributed by atoms with Gasteiger partial charge < -0.3 is 20.8 Å². The van der Waals surface area contributed by atoms with Crippen LogP contribution in [0.2, 0.25) is 0 Å². The lowest BCUT2D eigenvalue weighted by Gasteiger charge is -2.23. The van der Waals surface area contributed by atoms with Gasteiger partial charge in [-0.25, -0.2) is 4.79 Å². The van der Waals surface area contributed by atoms with Crippen LogP contribution in [0.15, 0.2) is 18.2 Å². The van der Waals surface area contributed by atoms with Crippen LogP contribution in [-0.2, 0) is 0 Å². The van der Waals surface area contributed by atoms with E-state index in [9.17, 15) is 4.79 Å². The summed E-state index contributed by atoms with van der Waals surface area (Å²) in [5.74, 6) is -1.03. The van der Waals surface area contributed by atoms with Gasteiger partial charge in [-0.3, -0.25) is 0 Å². The minimum atomic E-state index is -1.03. The summed E-state index contributed by atoms with van der Waals surface area (Å²) in [6.07, 6.45) is 0.945. The molecule has 0 aliphatic heterocycles. The molecule has 1 aromatic rings. The third-order valence-electron chi connectivity index (χ3n) is 2.49. The van der Waals surface area contributed by atoms with Crippen LogP contribution in [0.25, 0.3) is 0 Å². The lowest BCUT2D eigenvalue weighted by Crippen LogP contribution is -2.27. The molecule has 0 aromatic heterocycles. The number of carboxylic acid groups (broad SMARTS) is 1. The Balaban J connectivity index is 2.97. The highest BCUT2D eigenvalue weighted by Gasteiger charge is 2.11. The highest BCUT2D eigenvalue weighted by atomic mass is 16.4. The number of nitrogens with two attached hydrogens (primary N) is 1. The van der Waals surface area contributed by atoms with E-state index in [1.54, 1.807) is 12.1 Å². The van der Waals surface area contributed by atoms with Crippen LogP contribution in [0, 0.1) is 0 Å². The quantitative estimate of drug-likeness (QED) is 0.648. The number of hydrogen-bond donors (Lipinski definition) is 3. The van der Waals surface area contributed by atoms with E-state index in [1.807, 2.05) is 11.8 Å². The first-order chi connectivity index (χ1) is 8.10. The summed E-state index contributed by atoms with van der Waals surface area (Å²) in [7, 11) is 0. The molecule has 1 rings (SSSR count). The van der Waals surface area contributed by atoms with E-state index in [2.05, 4.69) is 0 Å². The van der Waals surface area contributed by atoms with E-state index < -0.39 is 5.97 Å². The van der Waals surface area contributed by atoms with E-state index in [0.29, 0.717) is 6.54 Å². The smallest absolute Gasteiger partial charge is 0.337 e. The minimum Gasteiger partial charge on any atom is -0.478 e. The standard InChI is InChI=1S/C12H18N2O3/c1-2-5-14(6-7-15)9-3-4-10(12(16)17)11(13)8-9/h3-4,8,15H,2,5-7,13H2,1H3,(H,16,17). The SMILES string of the molecule is CCCN(CCO)c1ccc(C(=O)O)c(N)c1. The molecule has 94 valence electrons. The number of anilines is 2. The zero-order valence-corrected chi connectivity index (χ0v) is 9.89.